The zero-order chi connectivity index (χ0) is 13.7. The van der Waals surface area contributed by atoms with Gasteiger partial charge in [-0.25, -0.2) is 0 Å². The Hall–Kier alpha value is -2.21. The third-order valence-corrected chi connectivity index (χ3v) is 2.80. The summed E-state index contributed by atoms with van der Waals surface area (Å²) in [4.78, 5) is 11.0. The average molecular weight is 295 g/mol. The quantitative estimate of drug-likeness (QED) is 0.384. The molecule has 2 aromatic rings. The van der Waals surface area contributed by atoms with Crippen LogP contribution in [0, 0.1) is 0 Å². The summed E-state index contributed by atoms with van der Waals surface area (Å²) in [5.74, 6) is 0.0526. The molecule has 0 bridgehead atoms. The van der Waals surface area contributed by atoms with Gasteiger partial charge in [0.2, 0.25) is 5.96 Å². The van der Waals surface area contributed by atoms with E-state index in [0.717, 1.165) is 18.4 Å². The molecule has 7 N–H and O–H groups in total. The second kappa shape index (κ2) is 7.40. The predicted octanol–water partition coefficient (Wildman–Crippen LogP) is 1.11. The number of benzene rings is 1. The second-order valence-corrected chi connectivity index (χ2v) is 4.24. The van der Waals surface area contributed by atoms with E-state index >= 15 is 0 Å². The lowest BCUT2D eigenvalue weighted by Gasteiger charge is -1.98. The SMILES string of the molecule is Cl.NC(N)=NC(N)=NCCCc1c[nH]c2ccccc12. The van der Waals surface area contributed by atoms with Gasteiger partial charge in [-0.3, -0.25) is 4.99 Å². The standard InChI is InChI=1S/C13H18N6.ClH/c14-12(15)19-13(16)17-7-3-4-9-8-18-11-6-2-1-5-10(9)11;/h1-2,5-6,8,18H,3-4,7H2,(H6,14,15,16,17,19);1H. The minimum atomic E-state index is -0.0714. The molecule has 0 fully saturated rings. The molecule has 1 aromatic carbocycles. The number of H-pyrrole nitrogens is 1. The maximum Gasteiger partial charge on any atom is 0.218 e. The van der Waals surface area contributed by atoms with Gasteiger partial charge in [-0.2, -0.15) is 4.99 Å². The van der Waals surface area contributed by atoms with Crippen LogP contribution in [0.3, 0.4) is 0 Å². The second-order valence-electron chi connectivity index (χ2n) is 4.24. The highest BCUT2D eigenvalue weighted by molar-refractivity contribution is 5.92. The fraction of sp³-hybridized carbons (Fsp3) is 0.231. The van der Waals surface area contributed by atoms with E-state index in [2.05, 4.69) is 27.1 Å². The summed E-state index contributed by atoms with van der Waals surface area (Å²) in [7, 11) is 0. The van der Waals surface area contributed by atoms with E-state index in [4.69, 9.17) is 17.2 Å². The molecule has 0 amide bonds. The summed E-state index contributed by atoms with van der Waals surface area (Å²) >= 11 is 0. The van der Waals surface area contributed by atoms with E-state index in [-0.39, 0.29) is 24.3 Å². The molecule has 0 unspecified atom stereocenters. The Morgan fingerprint density at radius 3 is 2.65 bits per heavy atom. The molecular formula is C13H19ClN6. The van der Waals surface area contributed by atoms with Gasteiger partial charge < -0.3 is 22.2 Å². The first-order chi connectivity index (χ1) is 9.16. The van der Waals surface area contributed by atoms with E-state index in [9.17, 15) is 0 Å². The van der Waals surface area contributed by atoms with E-state index in [1.165, 1.54) is 10.9 Å². The van der Waals surface area contributed by atoms with E-state index in [0.29, 0.717) is 6.54 Å². The molecule has 0 aliphatic carbocycles. The zero-order valence-corrected chi connectivity index (χ0v) is 11.9. The smallest absolute Gasteiger partial charge is 0.218 e. The number of hydrogen-bond donors (Lipinski definition) is 4. The van der Waals surface area contributed by atoms with Gasteiger partial charge in [0.25, 0.3) is 0 Å². The van der Waals surface area contributed by atoms with Gasteiger partial charge in [-0.15, -0.1) is 12.4 Å². The van der Waals surface area contributed by atoms with Crippen LogP contribution in [0.15, 0.2) is 40.4 Å². The highest BCUT2D eigenvalue weighted by Gasteiger charge is 2.01. The van der Waals surface area contributed by atoms with Crippen molar-refractivity contribution in [3.05, 3.63) is 36.0 Å². The largest absolute Gasteiger partial charge is 0.370 e. The van der Waals surface area contributed by atoms with Crippen LogP contribution in [0.4, 0.5) is 0 Å². The number of para-hydroxylation sites is 1. The molecule has 1 aromatic heterocycles. The molecular weight excluding hydrogens is 276 g/mol. The number of nitrogens with two attached hydrogens (primary N) is 3. The first-order valence-electron chi connectivity index (χ1n) is 6.11. The Kier molecular flexibility index (Phi) is 5.86. The van der Waals surface area contributed by atoms with Gasteiger partial charge in [0.05, 0.1) is 0 Å². The maximum atomic E-state index is 5.52. The topological polar surface area (TPSA) is 119 Å². The summed E-state index contributed by atoms with van der Waals surface area (Å²) in [6.07, 6.45) is 3.86. The molecule has 0 radical (unpaired) electrons. The molecule has 0 spiro atoms. The van der Waals surface area contributed by atoms with Crippen LogP contribution >= 0.6 is 12.4 Å². The Morgan fingerprint density at radius 1 is 1.15 bits per heavy atom. The predicted molar refractivity (Wildman–Crippen MR) is 86.2 cm³/mol. The number of nitrogens with zero attached hydrogens (tertiary/aromatic N) is 2. The van der Waals surface area contributed by atoms with Crippen molar-refractivity contribution in [2.75, 3.05) is 6.54 Å². The van der Waals surface area contributed by atoms with Gasteiger partial charge in [0.15, 0.2) is 5.96 Å². The number of hydrogen-bond acceptors (Lipinski definition) is 1. The molecule has 0 atom stereocenters. The number of aryl methyl sites for hydroxylation is 1. The maximum absolute atomic E-state index is 5.52. The number of aromatic nitrogens is 1. The third kappa shape index (κ3) is 4.17. The lowest BCUT2D eigenvalue weighted by Crippen LogP contribution is -2.26. The minimum absolute atomic E-state index is 0. The summed E-state index contributed by atoms with van der Waals surface area (Å²) in [5, 5.41) is 1.25. The summed E-state index contributed by atoms with van der Waals surface area (Å²) in [5.41, 5.74) is 18.4. The first kappa shape index (κ1) is 15.8. The average Bonchev–Trinajstić information content (AvgIpc) is 2.77. The van der Waals surface area contributed by atoms with Crippen molar-refractivity contribution in [2.45, 2.75) is 12.8 Å². The fourth-order valence-electron chi connectivity index (χ4n) is 1.97. The van der Waals surface area contributed by atoms with Crippen LogP contribution in [0.5, 0.6) is 0 Å². The molecule has 0 aliphatic heterocycles. The van der Waals surface area contributed by atoms with Gasteiger partial charge in [-0.05, 0) is 24.5 Å². The fourth-order valence-corrected chi connectivity index (χ4v) is 1.97. The number of halogens is 1. The number of rotatable bonds is 4. The summed E-state index contributed by atoms with van der Waals surface area (Å²) in [6, 6.07) is 8.23. The molecule has 108 valence electrons. The highest BCUT2D eigenvalue weighted by Crippen LogP contribution is 2.18. The van der Waals surface area contributed by atoms with Crippen LogP contribution in [0.25, 0.3) is 10.9 Å². The van der Waals surface area contributed by atoms with Crippen LogP contribution in [-0.4, -0.2) is 23.4 Å². The number of aromatic amines is 1. The van der Waals surface area contributed by atoms with Gasteiger partial charge >= 0.3 is 0 Å². The van der Waals surface area contributed by atoms with Crippen molar-refractivity contribution in [3.8, 4) is 0 Å². The highest BCUT2D eigenvalue weighted by atomic mass is 35.5. The Morgan fingerprint density at radius 2 is 1.90 bits per heavy atom. The lowest BCUT2D eigenvalue weighted by atomic mass is 10.1. The number of guanidine groups is 2. The van der Waals surface area contributed by atoms with Crippen molar-refractivity contribution >= 4 is 35.2 Å². The van der Waals surface area contributed by atoms with E-state index in [1.54, 1.807) is 0 Å². The molecule has 6 nitrogen and oxygen atoms in total. The number of aliphatic imine (C=N–C) groups is 2. The molecule has 7 heteroatoms. The van der Waals surface area contributed by atoms with E-state index in [1.807, 2.05) is 18.3 Å². The normalized spacial score (nSPS) is 11.1. The van der Waals surface area contributed by atoms with Crippen molar-refractivity contribution in [2.24, 2.45) is 27.2 Å². The monoisotopic (exact) mass is 294 g/mol. The Bertz CT molecular complexity index is 612. The first-order valence-corrected chi connectivity index (χ1v) is 6.11. The number of fused-ring (bicyclic) bond motifs is 1. The molecule has 0 aliphatic rings. The van der Waals surface area contributed by atoms with Crippen molar-refractivity contribution in [3.63, 3.8) is 0 Å². The molecule has 0 saturated heterocycles. The van der Waals surface area contributed by atoms with Gasteiger partial charge in [-0.1, -0.05) is 18.2 Å². The molecule has 0 saturated carbocycles. The minimum Gasteiger partial charge on any atom is -0.370 e. The van der Waals surface area contributed by atoms with Crippen molar-refractivity contribution in [1.29, 1.82) is 0 Å². The number of nitrogens with one attached hydrogen (secondary N) is 1. The summed E-state index contributed by atoms with van der Waals surface area (Å²) in [6.45, 7) is 0.599. The van der Waals surface area contributed by atoms with Crippen LogP contribution in [-0.2, 0) is 6.42 Å². The molecule has 2 rings (SSSR count). The van der Waals surface area contributed by atoms with E-state index < -0.39 is 0 Å². The van der Waals surface area contributed by atoms with Gasteiger partial charge in [0.1, 0.15) is 0 Å². The van der Waals surface area contributed by atoms with Crippen LogP contribution in [0.1, 0.15) is 12.0 Å². The van der Waals surface area contributed by atoms with Gasteiger partial charge in [0, 0.05) is 23.6 Å². The zero-order valence-electron chi connectivity index (χ0n) is 11.0. The van der Waals surface area contributed by atoms with Crippen LogP contribution in [0.2, 0.25) is 0 Å². The van der Waals surface area contributed by atoms with Crippen LogP contribution < -0.4 is 17.2 Å². The van der Waals surface area contributed by atoms with Crippen molar-refractivity contribution in [1.82, 2.24) is 4.98 Å². The lowest BCUT2D eigenvalue weighted by molar-refractivity contribution is 0.835. The van der Waals surface area contributed by atoms with Crippen molar-refractivity contribution < 1.29 is 0 Å². The summed E-state index contributed by atoms with van der Waals surface area (Å²) < 4.78 is 0. The third-order valence-electron chi connectivity index (χ3n) is 2.80. The molecule has 1 heterocycles. The Balaban J connectivity index is 0.00000200. The molecule has 20 heavy (non-hydrogen) atoms. The Labute approximate surface area is 123 Å².